The van der Waals surface area contributed by atoms with Crippen molar-refractivity contribution in [2.75, 3.05) is 7.11 Å². The molecule has 0 bridgehead atoms. The zero-order valence-electron chi connectivity index (χ0n) is 11.9. The lowest BCUT2D eigenvalue weighted by Crippen LogP contribution is -2.46. The van der Waals surface area contributed by atoms with Gasteiger partial charge >= 0.3 is 5.97 Å². The number of rotatable bonds is 6. The maximum Gasteiger partial charge on any atom is 0.328 e. The number of amides is 1. The summed E-state index contributed by atoms with van der Waals surface area (Å²) in [5.41, 5.74) is 0.504. The van der Waals surface area contributed by atoms with Crippen molar-refractivity contribution >= 4 is 11.9 Å². The second-order valence-electron chi connectivity index (χ2n) is 4.71. The van der Waals surface area contributed by atoms with Crippen LogP contribution in [0.4, 0.5) is 4.39 Å². The van der Waals surface area contributed by atoms with Crippen molar-refractivity contribution in [3.05, 3.63) is 35.6 Å². The van der Waals surface area contributed by atoms with E-state index in [1.807, 2.05) is 6.07 Å². The predicted molar refractivity (Wildman–Crippen MR) is 73.4 cm³/mol. The number of carbonyl (C=O) groups is 2. The summed E-state index contributed by atoms with van der Waals surface area (Å²) in [6, 6.07) is 6.72. The molecule has 6 heteroatoms. The summed E-state index contributed by atoms with van der Waals surface area (Å²) in [6.45, 7) is 1.67. The lowest BCUT2D eigenvalue weighted by molar-refractivity contribution is -0.146. The van der Waals surface area contributed by atoms with Gasteiger partial charge in [0.05, 0.1) is 19.6 Å². The molecule has 0 unspecified atom stereocenters. The van der Waals surface area contributed by atoms with Crippen LogP contribution in [0.3, 0.4) is 0 Å². The lowest BCUT2D eigenvalue weighted by Gasteiger charge is -2.21. The van der Waals surface area contributed by atoms with Crippen molar-refractivity contribution < 1.29 is 18.7 Å². The molecule has 0 spiro atoms. The molecule has 0 aliphatic rings. The number of halogens is 1. The highest BCUT2D eigenvalue weighted by Crippen LogP contribution is 2.10. The van der Waals surface area contributed by atoms with Crippen molar-refractivity contribution in [2.24, 2.45) is 5.92 Å². The van der Waals surface area contributed by atoms with E-state index in [9.17, 15) is 14.0 Å². The molecule has 21 heavy (non-hydrogen) atoms. The maximum atomic E-state index is 13.0. The van der Waals surface area contributed by atoms with Gasteiger partial charge in [-0.2, -0.15) is 5.26 Å². The van der Waals surface area contributed by atoms with E-state index in [0.717, 1.165) is 0 Å². The zero-order chi connectivity index (χ0) is 15.8. The van der Waals surface area contributed by atoms with E-state index in [4.69, 9.17) is 5.26 Å². The quantitative estimate of drug-likeness (QED) is 0.807. The normalized spacial score (nSPS) is 12.9. The smallest absolute Gasteiger partial charge is 0.328 e. The molecule has 2 atom stereocenters. The van der Waals surface area contributed by atoms with Crippen LogP contribution in [0.15, 0.2) is 24.3 Å². The van der Waals surface area contributed by atoms with E-state index in [1.54, 1.807) is 13.0 Å². The molecular weight excluding hydrogens is 275 g/mol. The second kappa shape index (κ2) is 8.00. The average Bonchev–Trinajstić information content (AvgIpc) is 2.44. The molecule has 0 heterocycles. The molecule has 1 aromatic rings. The second-order valence-corrected chi connectivity index (χ2v) is 4.71. The van der Waals surface area contributed by atoms with Gasteiger partial charge in [-0.3, -0.25) is 4.79 Å². The summed E-state index contributed by atoms with van der Waals surface area (Å²) in [4.78, 5) is 23.6. The number of nitrogens with one attached hydrogen (secondary N) is 1. The number of nitrogens with zero attached hydrogens (tertiary/aromatic N) is 1. The highest BCUT2D eigenvalue weighted by molar-refractivity contribution is 5.85. The van der Waals surface area contributed by atoms with Crippen LogP contribution in [0.1, 0.15) is 18.9 Å². The summed E-state index contributed by atoms with van der Waals surface area (Å²) in [5, 5.41) is 11.2. The highest BCUT2D eigenvalue weighted by atomic mass is 19.1. The molecule has 1 amide bonds. The highest BCUT2D eigenvalue weighted by Gasteiger charge is 2.27. The predicted octanol–water partition coefficient (Wildman–Crippen LogP) is 1.58. The maximum absolute atomic E-state index is 13.0. The monoisotopic (exact) mass is 292 g/mol. The molecule has 0 aliphatic heterocycles. The standard InChI is InChI=1S/C15H17FN2O3/c1-10(6-7-17)14(15(20)21-2)18-13(19)9-11-4-3-5-12(16)8-11/h3-5,8,10,14H,6,9H2,1-2H3,(H,18,19)/t10-,14-/m0/s1. The van der Waals surface area contributed by atoms with Gasteiger partial charge in [0, 0.05) is 12.3 Å². The molecule has 0 fully saturated rings. The minimum absolute atomic E-state index is 0.0511. The minimum atomic E-state index is -0.893. The van der Waals surface area contributed by atoms with Gasteiger partial charge < -0.3 is 10.1 Å². The fourth-order valence-electron chi connectivity index (χ4n) is 1.88. The first-order chi connectivity index (χ1) is 9.97. The number of benzene rings is 1. The van der Waals surface area contributed by atoms with E-state index in [0.29, 0.717) is 5.56 Å². The SMILES string of the molecule is COC(=O)[C@@H](NC(=O)Cc1cccc(F)c1)[C@@H](C)CC#N. The number of carbonyl (C=O) groups excluding carboxylic acids is 2. The molecule has 1 N–H and O–H groups in total. The molecule has 1 rings (SSSR count). The Bertz CT molecular complexity index is 554. The van der Waals surface area contributed by atoms with Gasteiger partial charge in [0.1, 0.15) is 11.9 Å². The minimum Gasteiger partial charge on any atom is -0.467 e. The van der Waals surface area contributed by atoms with Crippen molar-refractivity contribution in [3.63, 3.8) is 0 Å². The first-order valence-electron chi connectivity index (χ1n) is 6.46. The first kappa shape index (κ1) is 16.6. The third kappa shape index (κ3) is 5.22. The Morgan fingerprint density at radius 2 is 2.19 bits per heavy atom. The summed E-state index contributed by atoms with van der Waals surface area (Å²) < 4.78 is 17.7. The van der Waals surface area contributed by atoms with E-state index < -0.39 is 23.7 Å². The number of hydrogen-bond acceptors (Lipinski definition) is 4. The summed E-state index contributed by atoms with van der Waals surface area (Å²) >= 11 is 0. The summed E-state index contributed by atoms with van der Waals surface area (Å²) in [7, 11) is 1.22. The van der Waals surface area contributed by atoms with Crippen molar-refractivity contribution in [3.8, 4) is 6.07 Å². The fraction of sp³-hybridized carbons (Fsp3) is 0.400. The van der Waals surface area contributed by atoms with Crippen LogP contribution in [-0.4, -0.2) is 25.0 Å². The van der Waals surface area contributed by atoms with E-state index >= 15 is 0 Å². The molecule has 0 saturated heterocycles. The summed E-state index contributed by atoms with van der Waals surface area (Å²) in [5.74, 6) is -1.84. The topological polar surface area (TPSA) is 79.2 Å². The molecule has 112 valence electrons. The van der Waals surface area contributed by atoms with Crippen LogP contribution in [0.2, 0.25) is 0 Å². The Labute approximate surface area is 122 Å². The van der Waals surface area contributed by atoms with Crippen molar-refractivity contribution in [1.29, 1.82) is 5.26 Å². The number of nitriles is 1. The fourth-order valence-corrected chi connectivity index (χ4v) is 1.88. The van der Waals surface area contributed by atoms with E-state index in [-0.39, 0.29) is 18.8 Å². The molecule has 1 aromatic carbocycles. The first-order valence-corrected chi connectivity index (χ1v) is 6.46. The Balaban J connectivity index is 2.72. The van der Waals surface area contributed by atoms with Gasteiger partial charge in [0.15, 0.2) is 0 Å². The van der Waals surface area contributed by atoms with E-state index in [2.05, 4.69) is 10.1 Å². The Kier molecular flexibility index (Phi) is 6.34. The van der Waals surface area contributed by atoms with Gasteiger partial charge in [0.25, 0.3) is 0 Å². The van der Waals surface area contributed by atoms with Gasteiger partial charge in [-0.1, -0.05) is 19.1 Å². The molecule has 5 nitrogen and oxygen atoms in total. The zero-order valence-corrected chi connectivity index (χ0v) is 11.9. The Morgan fingerprint density at radius 1 is 1.48 bits per heavy atom. The van der Waals surface area contributed by atoms with Crippen LogP contribution in [0, 0.1) is 23.1 Å². The molecule has 0 saturated carbocycles. The van der Waals surface area contributed by atoms with Crippen LogP contribution < -0.4 is 5.32 Å². The van der Waals surface area contributed by atoms with Gasteiger partial charge in [-0.15, -0.1) is 0 Å². The third-order valence-corrected chi connectivity index (χ3v) is 3.01. The number of hydrogen-bond donors (Lipinski definition) is 1. The van der Waals surface area contributed by atoms with Crippen molar-refractivity contribution in [2.45, 2.75) is 25.8 Å². The lowest BCUT2D eigenvalue weighted by atomic mass is 9.98. The Hall–Kier alpha value is -2.42. The molecule has 0 aliphatic carbocycles. The number of methoxy groups -OCH3 is 1. The van der Waals surface area contributed by atoms with Crippen LogP contribution in [-0.2, 0) is 20.7 Å². The number of ether oxygens (including phenoxy) is 1. The largest absolute Gasteiger partial charge is 0.467 e. The molecule has 0 radical (unpaired) electrons. The average molecular weight is 292 g/mol. The van der Waals surface area contributed by atoms with Gasteiger partial charge in [-0.25, -0.2) is 9.18 Å². The van der Waals surface area contributed by atoms with Crippen molar-refractivity contribution in [1.82, 2.24) is 5.32 Å². The van der Waals surface area contributed by atoms with E-state index in [1.165, 1.54) is 25.3 Å². The summed E-state index contributed by atoms with van der Waals surface area (Å²) in [6.07, 6.45) is 0.0601. The third-order valence-electron chi connectivity index (χ3n) is 3.01. The van der Waals surface area contributed by atoms with Gasteiger partial charge in [-0.05, 0) is 17.7 Å². The van der Waals surface area contributed by atoms with Crippen LogP contribution in [0.5, 0.6) is 0 Å². The van der Waals surface area contributed by atoms with Gasteiger partial charge in [0.2, 0.25) is 5.91 Å². The molecular formula is C15H17FN2O3. The number of esters is 1. The molecule has 0 aromatic heterocycles. The van der Waals surface area contributed by atoms with Crippen LogP contribution >= 0.6 is 0 Å². The Morgan fingerprint density at radius 3 is 2.76 bits per heavy atom. The van der Waals surface area contributed by atoms with Crippen LogP contribution in [0.25, 0.3) is 0 Å².